The first kappa shape index (κ1) is 26.3. The van der Waals surface area contributed by atoms with Crippen LogP contribution in [0, 0.1) is 6.92 Å². The molecule has 0 bridgehead atoms. The third kappa shape index (κ3) is 5.17. The van der Waals surface area contributed by atoms with Crippen LogP contribution in [-0.4, -0.2) is 88.2 Å². The number of ether oxygens (including phenoxy) is 1. The molecule has 12 heteroatoms. The van der Waals surface area contributed by atoms with Crippen LogP contribution in [0.5, 0.6) is 5.75 Å². The number of sulfonamides is 1. The van der Waals surface area contributed by atoms with Crippen molar-refractivity contribution in [3.8, 4) is 17.1 Å². The normalized spacial score (nSPS) is 15.6. The first-order chi connectivity index (χ1) is 17.3. The Morgan fingerprint density at radius 1 is 1.14 bits per heavy atom. The van der Waals surface area contributed by atoms with E-state index in [1.165, 1.54) is 16.4 Å². The highest BCUT2D eigenvalue weighted by Crippen LogP contribution is 2.32. The van der Waals surface area contributed by atoms with E-state index in [0.717, 1.165) is 12.8 Å². The molecule has 0 unspecified atom stereocenters. The van der Waals surface area contributed by atoms with E-state index < -0.39 is 10.0 Å². The molecule has 11 nitrogen and oxygen atoms in total. The number of aliphatic hydroxyl groups is 1. The van der Waals surface area contributed by atoms with Crippen molar-refractivity contribution >= 4 is 15.5 Å². The number of hydrogen-bond acceptors (Lipinski definition) is 8. The van der Waals surface area contributed by atoms with Crippen LogP contribution in [0.15, 0.2) is 27.9 Å². The lowest BCUT2D eigenvalue weighted by Crippen LogP contribution is -2.49. The Balaban J connectivity index is 1.78. The van der Waals surface area contributed by atoms with Gasteiger partial charge in [-0.25, -0.2) is 17.9 Å². The number of aromatic nitrogens is 4. The molecule has 196 valence electrons. The third-order valence-electron chi connectivity index (χ3n) is 6.27. The van der Waals surface area contributed by atoms with E-state index in [0.29, 0.717) is 74.1 Å². The lowest BCUT2D eigenvalue weighted by molar-refractivity contribution is 0.151. The van der Waals surface area contributed by atoms with Crippen LogP contribution in [0.1, 0.15) is 38.2 Å². The molecule has 0 amide bonds. The number of piperazine rings is 1. The highest BCUT2D eigenvalue weighted by atomic mass is 32.2. The molecule has 3 aromatic rings. The minimum Gasteiger partial charge on any atom is -0.493 e. The molecule has 0 atom stereocenters. The van der Waals surface area contributed by atoms with Gasteiger partial charge in [0.15, 0.2) is 11.3 Å². The van der Waals surface area contributed by atoms with Gasteiger partial charge in [-0.3, -0.25) is 9.69 Å². The van der Waals surface area contributed by atoms with E-state index in [-0.39, 0.29) is 22.9 Å². The monoisotopic (exact) mass is 518 g/mol. The van der Waals surface area contributed by atoms with E-state index in [2.05, 4.69) is 15.1 Å². The number of benzene rings is 1. The summed E-state index contributed by atoms with van der Waals surface area (Å²) < 4.78 is 35.9. The molecule has 36 heavy (non-hydrogen) atoms. The van der Waals surface area contributed by atoms with Crippen LogP contribution in [-0.2, 0) is 16.4 Å². The molecule has 3 heterocycles. The summed E-state index contributed by atoms with van der Waals surface area (Å²) in [6, 6.07) is 4.68. The van der Waals surface area contributed by atoms with Gasteiger partial charge in [-0.15, -0.1) is 5.10 Å². The molecule has 2 N–H and O–H groups in total. The van der Waals surface area contributed by atoms with Gasteiger partial charge in [-0.05, 0) is 38.0 Å². The molecule has 1 aliphatic rings. The predicted octanol–water partition coefficient (Wildman–Crippen LogP) is 1.43. The van der Waals surface area contributed by atoms with Crippen molar-refractivity contribution in [3.05, 3.63) is 40.1 Å². The van der Waals surface area contributed by atoms with Crippen molar-refractivity contribution in [3.63, 3.8) is 0 Å². The number of β-amino-alcohol motifs (C(OH)–C–C–N with tert-alkyl or cyclic N) is 1. The van der Waals surface area contributed by atoms with Gasteiger partial charge in [-0.1, -0.05) is 13.8 Å². The molecule has 0 aliphatic carbocycles. The minimum atomic E-state index is -3.78. The number of hydrogen-bond donors (Lipinski definition) is 2. The van der Waals surface area contributed by atoms with E-state index in [9.17, 15) is 13.2 Å². The Morgan fingerprint density at radius 2 is 1.89 bits per heavy atom. The lowest BCUT2D eigenvalue weighted by atomic mass is 10.2. The van der Waals surface area contributed by atoms with E-state index in [1.807, 2.05) is 18.7 Å². The maximum Gasteiger partial charge on any atom is 0.277 e. The molecule has 0 saturated carbocycles. The zero-order chi connectivity index (χ0) is 25.9. The molecule has 1 aliphatic heterocycles. The largest absolute Gasteiger partial charge is 0.493 e. The number of aromatic amines is 1. The van der Waals surface area contributed by atoms with Crippen LogP contribution in [0.4, 0.5) is 0 Å². The summed E-state index contributed by atoms with van der Waals surface area (Å²) in [5.41, 5.74) is 1.03. The number of nitrogens with zero attached hydrogens (tertiary/aromatic N) is 5. The molecule has 1 aromatic carbocycles. The summed E-state index contributed by atoms with van der Waals surface area (Å²) in [6.45, 7) is 8.55. The minimum absolute atomic E-state index is 0.0429. The standard InChI is InChI=1S/C24H34N6O5S/c1-4-6-21-25-17(3)22-24(32)26-23(27-30(21)22)19-16-18(7-8-20(19)35-15-5-2)36(33,34)29-11-9-28(10-12-29)13-14-31/h7-8,16,31H,4-6,9-15H2,1-3H3,(H,26,27,32). The summed E-state index contributed by atoms with van der Waals surface area (Å²) in [6.07, 6.45) is 2.26. The quantitative estimate of drug-likeness (QED) is 0.412. The summed E-state index contributed by atoms with van der Waals surface area (Å²) in [7, 11) is -3.78. The lowest BCUT2D eigenvalue weighted by Gasteiger charge is -2.33. The Morgan fingerprint density at radius 3 is 2.56 bits per heavy atom. The average Bonchev–Trinajstić information content (AvgIpc) is 3.18. The topological polar surface area (TPSA) is 133 Å². The smallest absolute Gasteiger partial charge is 0.277 e. The van der Waals surface area contributed by atoms with Crippen molar-refractivity contribution < 1.29 is 18.3 Å². The number of rotatable bonds is 10. The number of H-pyrrole nitrogens is 1. The van der Waals surface area contributed by atoms with Gasteiger partial charge in [0.25, 0.3) is 5.56 Å². The zero-order valence-corrected chi connectivity index (χ0v) is 21.8. The second kappa shape index (κ2) is 11.1. The highest BCUT2D eigenvalue weighted by Gasteiger charge is 2.29. The molecular weight excluding hydrogens is 484 g/mol. The van der Waals surface area contributed by atoms with Crippen LogP contribution >= 0.6 is 0 Å². The number of imidazole rings is 1. The van der Waals surface area contributed by atoms with E-state index in [1.54, 1.807) is 17.5 Å². The van der Waals surface area contributed by atoms with Gasteiger partial charge in [0.2, 0.25) is 10.0 Å². The van der Waals surface area contributed by atoms with Crippen molar-refractivity contribution in [1.82, 2.24) is 28.8 Å². The Hall–Kier alpha value is -2.80. The molecule has 0 spiro atoms. The number of aryl methyl sites for hydroxylation is 2. The van der Waals surface area contributed by atoms with Crippen LogP contribution in [0.3, 0.4) is 0 Å². The average molecular weight is 519 g/mol. The Kier molecular flexibility index (Phi) is 8.08. The number of nitrogens with one attached hydrogen (secondary N) is 1. The van der Waals surface area contributed by atoms with Crippen LogP contribution < -0.4 is 10.3 Å². The summed E-state index contributed by atoms with van der Waals surface area (Å²) in [5, 5.41) is 13.8. The van der Waals surface area contributed by atoms with Crippen LogP contribution in [0.25, 0.3) is 16.9 Å². The number of fused-ring (bicyclic) bond motifs is 1. The van der Waals surface area contributed by atoms with Crippen molar-refractivity contribution in [2.75, 3.05) is 45.9 Å². The Bertz CT molecular complexity index is 1380. The maximum absolute atomic E-state index is 13.5. The van der Waals surface area contributed by atoms with E-state index >= 15 is 0 Å². The first-order valence-electron chi connectivity index (χ1n) is 12.4. The Labute approximate surface area is 210 Å². The van der Waals surface area contributed by atoms with Crippen LogP contribution in [0.2, 0.25) is 0 Å². The highest BCUT2D eigenvalue weighted by molar-refractivity contribution is 7.89. The summed E-state index contributed by atoms with van der Waals surface area (Å²) in [4.78, 5) is 22.5. The van der Waals surface area contributed by atoms with Gasteiger partial charge in [0.05, 0.1) is 29.4 Å². The molecular formula is C24H34N6O5S. The van der Waals surface area contributed by atoms with E-state index in [4.69, 9.17) is 9.84 Å². The fourth-order valence-corrected chi connectivity index (χ4v) is 5.87. The van der Waals surface area contributed by atoms with Gasteiger partial charge in [0, 0.05) is 39.1 Å². The van der Waals surface area contributed by atoms with Crippen molar-refractivity contribution in [2.24, 2.45) is 0 Å². The fraction of sp³-hybridized carbons (Fsp3) is 0.542. The van der Waals surface area contributed by atoms with Gasteiger partial charge < -0.3 is 14.8 Å². The van der Waals surface area contributed by atoms with Crippen molar-refractivity contribution in [1.29, 1.82) is 0 Å². The maximum atomic E-state index is 13.5. The predicted molar refractivity (Wildman–Crippen MR) is 136 cm³/mol. The zero-order valence-electron chi connectivity index (χ0n) is 21.0. The first-order valence-corrected chi connectivity index (χ1v) is 13.8. The molecule has 2 aromatic heterocycles. The van der Waals surface area contributed by atoms with Gasteiger partial charge >= 0.3 is 0 Å². The second-order valence-corrected chi connectivity index (χ2v) is 10.8. The third-order valence-corrected chi connectivity index (χ3v) is 8.16. The van der Waals surface area contributed by atoms with Gasteiger partial charge in [-0.2, -0.15) is 4.31 Å². The summed E-state index contributed by atoms with van der Waals surface area (Å²) >= 11 is 0. The SMILES string of the molecule is CCCOc1ccc(S(=O)(=O)N2CCN(CCO)CC2)cc1-c1nn2c(CCC)nc(C)c2c(=O)[nH]1. The number of aliphatic hydroxyl groups excluding tert-OH is 1. The van der Waals surface area contributed by atoms with Gasteiger partial charge in [0.1, 0.15) is 11.6 Å². The molecule has 0 radical (unpaired) electrons. The fourth-order valence-electron chi connectivity index (χ4n) is 4.42. The second-order valence-electron chi connectivity index (χ2n) is 8.90. The molecule has 4 rings (SSSR count). The molecule has 1 fully saturated rings. The van der Waals surface area contributed by atoms with Crippen molar-refractivity contribution in [2.45, 2.75) is 44.9 Å². The molecule has 1 saturated heterocycles. The summed E-state index contributed by atoms with van der Waals surface area (Å²) in [5.74, 6) is 1.34.